The van der Waals surface area contributed by atoms with Gasteiger partial charge in [-0.1, -0.05) is 6.08 Å². The van der Waals surface area contributed by atoms with Crippen molar-refractivity contribution in [3.63, 3.8) is 0 Å². The van der Waals surface area contributed by atoms with Crippen molar-refractivity contribution in [2.45, 2.75) is 6.92 Å². The van der Waals surface area contributed by atoms with E-state index in [-0.39, 0.29) is 5.92 Å². The molecule has 0 bridgehead atoms. The molecule has 0 aromatic rings. The Morgan fingerprint density at radius 1 is 1.42 bits per heavy atom. The summed E-state index contributed by atoms with van der Waals surface area (Å²) in [5.74, 6) is 0.267. The topological polar surface area (TPSA) is 24.7 Å². The minimum Gasteiger partial charge on any atom is -0.268 e. The minimum atomic E-state index is 0.267. The van der Waals surface area contributed by atoms with Gasteiger partial charge in [-0.25, -0.2) is 0 Å². The fraction of sp³-hybridized carbons (Fsp3) is 0.200. The summed E-state index contributed by atoms with van der Waals surface area (Å²) in [5, 5.41) is 0. The smallest absolute Gasteiger partial charge is 0.0550 e. The Morgan fingerprint density at radius 3 is 3.25 bits per heavy atom. The second-order valence-electron chi connectivity index (χ2n) is 2.87. The van der Waals surface area contributed by atoms with Crippen LogP contribution in [0.2, 0.25) is 0 Å². The van der Waals surface area contributed by atoms with Crippen LogP contribution in [0.5, 0.6) is 0 Å². The fourth-order valence-electron chi connectivity index (χ4n) is 1.27. The summed E-state index contributed by atoms with van der Waals surface area (Å²) in [5.41, 5.74) is 2.13. The Labute approximate surface area is 71.7 Å². The monoisotopic (exact) mass is 158 g/mol. The molecule has 60 valence electrons. The highest BCUT2D eigenvalue weighted by atomic mass is 14.8. The van der Waals surface area contributed by atoms with Gasteiger partial charge in [0.2, 0.25) is 0 Å². The maximum absolute atomic E-state index is 4.41. The van der Waals surface area contributed by atoms with E-state index in [1.54, 1.807) is 6.20 Å². The molecule has 0 N–H and O–H groups in total. The van der Waals surface area contributed by atoms with E-state index in [0.717, 1.165) is 11.4 Å². The van der Waals surface area contributed by atoms with Crippen LogP contribution >= 0.6 is 0 Å². The van der Waals surface area contributed by atoms with Gasteiger partial charge in [-0.3, -0.25) is 9.98 Å². The average molecular weight is 158 g/mol. The zero-order valence-electron chi connectivity index (χ0n) is 6.94. The molecule has 0 aromatic heterocycles. The van der Waals surface area contributed by atoms with Crippen LogP contribution in [0.4, 0.5) is 0 Å². The van der Waals surface area contributed by atoms with Crippen molar-refractivity contribution < 1.29 is 0 Å². The summed E-state index contributed by atoms with van der Waals surface area (Å²) in [6, 6.07) is 0. The molecule has 1 unspecified atom stereocenters. The molecule has 2 aliphatic heterocycles. The summed E-state index contributed by atoms with van der Waals surface area (Å²) < 4.78 is 0. The highest BCUT2D eigenvalue weighted by Crippen LogP contribution is 2.18. The molecule has 2 rings (SSSR count). The van der Waals surface area contributed by atoms with Gasteiger partial charge in [0.25, 0.3) is 0 Å². The van der Waals surface area contributed by atoms with E-state index in [4.69, 9.17) is 0 Å². The van der Waals surface area contributed by atoms with Crippen LogP contribution < -0.4 is 0 Å². The lowest BCUT2D eigenvalue weighted by Gasteiger charge is -2.11. The standard InChI is InChI=1S/C10H10N2/c1-8-4-5-9-7-11-6-2-3-10(9)12-8/h2-7,9H,1H3. The number of rotatable bonds is 0. The summed E-state index contributed by atoms with van der Waals surface area (Å²) >= 11 is 0. The molecule has 12 heavy (non-hydrogen) atoms. The van der Waals surface area contributed by atoms with Crippen molar-refractivity contribution in [1.82, 2.24) is 0 Å². The van der Waals surface area contributed by atoms with Gasteiger partial charge in [-0.05, 0) is 25.2 Å². The quantitative estimate of drug-likeness (QED) is 0.516. The van der Waals surface area contributed by atoms with Crippen LogP contribution in [0.3, 0.4) is 0 Å². The van der Waals surface area contributed by atoms with Crippen molar-refractivity contribution in [3.05, 3.63) is 36.2 Å². The fourth-order valence-corrected chi connectivity index (χ4v) is 1.27. The first-order chi connectivity index (χ1) is 5.86. The maximum Gasteiger partial charge on any atom is 0.0550 e. The van der Waals surface area contributed by atoms with Crippen molar-refractivity contribution in [3.8, 4) is 0 Å². The number of fused-ring (bicyclic) bond motifs is 1. The first-order valence-corrected chi connectivity index (χ1v) is 4.00. The van der Waals surface area contributed by atoms with E-state index < -0.39 is 0 Å². The Hall–Kier alpha value is -1.44. The number of allylic oxidation sites excluding steroid dienone is 4. The van der Waals surface area contributed by atoms with Gasteiger partial charge in [0.05, 0.1) is 11.6 Å². The lowest BCUT2D eigenvalue weighted by Crippen LogP contribution is -2.06. The van der Waals surface area contributed by atoms with Crippen LogP contribution in [-0.2, 0) is 0 Å². The molecule has 0 amide bonds. The number of hydrogen-bond donors (Lipinski definition) is 0. The number of hydrogen-bond acceptors (Lipinski definition) is 2. The van der Waals surface area contributed by atoms with Gasteiger partial charge in [0, 0.05) is 18.1 Å². The van der Waals surface area contributed by atoms with Crippen LogP contribution in [0, 0.1) is 5.92 Å². The van der Waals surface area contributed by atoms with Gasteiger partial charge in [0.15, 0.2) is 0 Å². The van der Waals surface area contributed by atoms with Crippen molar-refractivity contribution >= 4 is 11.9 Å². The second-order valence-corrected chi connectivity index (χ2v) is 2.87. The first-order valence-electron chi connectivity index (χ1n) is 4.00. The number of aliphatic imine (C=N–C) groups is 2. The summed E-state index contributed by atoms with van der Waals surface area (Å²) in [4.78, 5) is 8.51. The Bertz CT molecular complexity index is 330. The third-order valence-electron chi connectivity index (χ3n) is 1.88. The molecule has 2 heterocycles. The lowest BCUT2D eigenvalue weighted by atomic mass is 10.0. The van der Waals surface area contributed by atoms with E-state index in [1.165, 1.54) is 0 Å². The first kappa shape index (κ1) is 7.22. The van der Waals surface area contributed by atoms with E-state index in [2.05, 4.69) is 16.1 Å². The SMILES string of the molecule is CC1=NC2=CC=CN=CC2C=C1. The van der Waals surface area contributed by atoms with E-state index in [9.17, 15) is 0 Å². The Morgan fingerprint density at radius 2 is 2.33 bits per heavy atom. The van der Waals surface area contributed by atoms with E-state index in [1.807, 2.05) is 31.4 Å². The normalized spacial score (nSPS) is 25.9. The summed E-state index contributed by atoms with van der Waals surface area (Å²) in [6.07, 6.45) is 11.8. The number of dihydropyridines is 1. The molecule has 0 saturated carbocycles. The van der Waals surface area contributed by atoms with Crippen LogP contribution in [0.25, 0.3) is 0 Å². The largest absolute Gasteiger partial charge is 0.268 e. The molecular formula is C10H10N2. The molecule has 2 heteroatoms. The molecule has 0 radical (unpaired) electrons. The van der Waals surface area contributed by atoms with Gasteiger partial charge in [0.1, 0.15) is 0 Å². The summed E-state index contributed by atoms with van der Waals surface area (Å²) in [7, 11) is 0. The summed E-state index contributed by atoms with van der Waals surface area (Å²) in [6.45, 7) is 2.00. The molecule has 2 nitrogen and oxygen atoms in total. The zero-order chi connectivity index (χ0) is 8.39. The molecule has 1 atom stereocenters. The molecule has 0 saturated heterocycles. The minimum absolute atomic E-state index is 0.267. The molecule has 2 aliphatic rings. The Balaban J connectivity index is 2.40. The molecular weight excluding hydrogens is 148 g/mol. The molecule has 0 aliphatic carbocycles. The van der Waals surface area contributed by atoms with Crippen molar-refractivity contribution in [2.75, 3.05) is 0 Å². The predicted molar refractivity (Wildman–Crippen MR) is 51.5 cm³/mol. The van der Waals surface area contributed by atoms with Gasteiger partial charge < -0.3 is 0 Å². The second kappa shape index (κ2) is 2.89. The highest BCUT2D eigenvalue weighted by molar-refractivity contribution is 5.96. The third kappa shape index (κ3) is 1.28. The van der Waals surface area contributed by atoms with Gasteiger partial charge in [-0.15, -0.1) is 0 Å². The lowest BCUT2D eigenvalue weighted by molar-refractivity contribution is 1.01. The van der Waals surface area contributed by atoms with Crippen LogP contribution in [0.15, 0.2) is 46.2 Å². The molecule has 0 aromatic carbocycles. The van der Waals surface area contributed by atoms with Crippen LogP contribution in [-0.4, -0.2) is 11.9 Å². The van der Waals surface area contributed by atoms with Crippen LogP contribution in [0.1, 0.15) is 6.92 Å². The van der Waals surface area contributed by atoms with Gasteiger partial charge in [-0.2, -0.15) is 0 Å². The zero-order valence-corrected chi connectivity index (χ0v) is 6.94. The average Bonchev–Trinajstić information content (AvgIpc) is 2.28. The third-order valence-corrected chi connectivity index (χ3v) is 1.88. The van der Waals surface area contributed by atoms with Crippen molar-refractivity contribution in [1.29, 1.82) is 0 Å². The predicted octanol–water partition coefficient (Wildman–Crippen LogP) is 2.12. The van der Waals surface area contributed by atoms with Crippen molar-refractivity contribution in [2.24, 2.45) is 15.9 Å². The van der Waals surface area contributed by atoms with E-state index >= 15 is 0 Å². The maximum atomic E-state index is 4.41. The Kier molecular flexibility index (Phi) is 1.74. The number of nitrogens with zero attached hydrogens (tertiary/aromatic N) is 2. The van der Waals surface area contributed by atoms with E-state index in [0.29, 0.717) is 0 Å². The molecule has 0 spiro atoms. The van der Waals surface area contributed by atoms with Gasteiger partial charge >= 0.3 is 0 Å². The highest BCUT2D eigenvalue weighted by Gasteiger charge is 2.11. The molecule has 0 fully saturated rings.